The number of hydrogen-bond donors (Lipinski definition) is 0. The molecule has 1 fully saturated rings. The highest BCUT2D eigenvalue weighted by molar-refractivity contribution is 9.10. The number of benzene rings is 1. The maximum absolute atomic E-state index is 12.2. The van der Waals surface area contributed by atoms with E-state index in [0.29, 0.717) is 5.92 Å². The van der Waals surface area contributed by atoms with E-state index in [1.54, 1.807) is 0 Å². The van der Waals surface area contributed by atoms with Gasteiger partial charge < -0.3 is 9.64 Å². The van der Waals surface area contributed by atoms with E-state index < -0.39 is 5.60 Å². The molecular formula is C16H22BrNO2. The maximum Gasteiger partial charge on any atom is 0.410 e. The van der Waals surface area contributed by atoms with Crippen LogP contribution in [0, 0.1) is 0 Å². The van der Waals surface area contributed by atoms with Gasteiger partial charge in [-0.15, -0.1) is 0 Å². The number of likely N-dealkylation sites (tertiary alicyclic amines) is 1. The Labute approximate surface area is 129 Å². The quantitative estimate of drug-likeness (QED) is 0.750. The predicted molar refractivity (Wildman–Crippen MR) is 83.9 cm³/mol. The molecule has 0 aromatic heterocycles. The van der Waals surface area contributed by atoms with E-state index in [1.165, 1.54) is 5.56 Å². The van der Waals surface area contributed by atoms with E-state index in [0.717, 1.165) is 30.4 Å². The molecule has 20 heavy (non-hydrogen) atoms. The molecule has 1 aliphatic heterocycles. The van der Waals surface area contributed by atoms with Crippen molar-refractivity contribution in [2.45, 2.75) is 45.1 Å². The molecule has 0 bridgehead atoms. The third kappa shape index (κ3) is 4.23. The molecule has 1 aromatic carbocycles. The average molecular weight is 340 g/mol. The molecule has 110 valence electrons. The normalized spacial score (nSPS) is 19.8. The van der Waals surface area contributed by atoms with Crippen molar-refractivity contribution >= 4 is 22.0 Å². The van der Waals surface area contributed by atoms with Gasteiger partial charge in [0.2, 0.25) is 0 Å². The van der Waals surface area contributed by atoms with Crippen LogP contribution in [0.5, 0.6) is 0 Å². The number of carbonyl (C=O) groups is 1. The molecule has 0 aliphatic carbocycles. The van der Waals surface area contributed by atoms with Crippen LogP contribution in [0.4, 0.5) is 4.79 Å². The number of ether oxygens (including phenoxy) is 1. The fourth-order valence-corrected chi connectivity index (χ4v) is 2.92. The minimum atomic E-state index is -0.431. The lowest BCUT2D eigenvalue weighted by Gasteiger charge is -2.34. The second-order valence-electron chi connectivity index (χ2n) is 6.32. The summed E-state index contributed by atoms with van der Waals surface area (Å²) < 4.78 is 6.55. The molecule has 1 atom stereocenters. The van der Waals surface area contributed by atoms with Crippen LogP contribution in [0.25, 0.3) is 0 Å². The van der Waals surface area contributed by atoms with Crippen molar-refractivity contribution in [2.75, 3.05) is 13.1 Å². The number of amides is 1. The molecule has 2 rings (SSSR count). The summed E-state index contributed by atoms with van der Waals surface area (Å²) >= 11 is 3.51. The Balaban J connectivity index is 2.03. The van der Waals surface area contributed by atoms with Gasteiger partial charge in [0.05, 0.1) is 0 Å². The first-order valence-corrected chi connectivity index (χ1v) is 7.88. The first-order chi connectivity index (χ1) is 9.35. The predicted octanol–water partition coefficient (Wildman–Crippen LogP) is 4.56. The summed E-state index contributed by atoms with van der Waals surface area (Å²) in [6, 6.07) is 8.35. The summed E-state index contributed by atoms with van der Waals surface area (Å²) in [5.41, 5.74) is 0.854. The second-order valence-corrected chi connectivity index (χ2v) is 7.24. The lowest BCUT2D eigenvalue weighted by atomic mass is 9.91. The van der Waals surface area contributed by atoms with Gasteiger partial charge in [-0.05, 0) is 51.3 Å². The molecule has 1 saturated heterocycles. The molecule has 0 spiro atoms. The lowest BCUT2D eigenvalue weighted by Crippen LogP contribution is -2.42. The van der Waals surface area contributed by atoms with Gasteiger partial charge in [-0.2, -0.15) is 0 Å². The smallest absolute Gasteiger partial charge is 0.410 e. The number of halogens is 1. The van der Waals surface area contributed by atoms with Crippen molar-refractivity contribution in [3.8, 4) is 0 Å². The summed E-state index contributed by atoms with van der Waals surface area (Å²) in [7, 11) is 0. The Hall–Kier alpha value is -1.03. The second kappa shape index (κ2) is 6.17. The third-order valence-electron chi connectivity index (χ3n) is 3.39. The monoisotopic (exact) mass is 339 g/mol. The molecule has 4 heteroatoms. The van der Waals surface area contributed by atoms with Crippen LogP contribution in [0.2, 0.25) is 0 Å². The van der Waals surface area contributed by atoms with Crippen LogP contribution in [-0.2, 0) is 4.74 Å². The Morgan fingerprint density at radius 3 is 2.80 bits per heavy atom. The zero-order valence-corrected chi connectivity index (χ0v) is 13.9. The van der Waals surface area contributed by atoms with Gasteiger partial charge in [-0.1, -0.05) is 28.1 Å². The fraction of sp³-hybridized carbons (Fsp3) is 0.562. The molecule has 1 aliphatic rings. The number of piperidine rings is 1. The first-order valence-electron chi connectivity index (χ1n) is 7.08. The Morgan fingerprint density at radius 1 is 1.40 bits per heavy atom. The number of rotatable bonds is 1. The highest BCUT2D eigenvalue weighted by atomic mass is 79.9. The average Bonchev–Trinajstić information content (AvgIpc) is 2.37. The zero-order chi connectivity index (χ0) is 14.8. The number of nitrogens with zero attached hydrogens (tertiary/aromatic N) is 1. The van der Waals surface area contributed by atoms with E-state index in [9.17, 15) is 4.79 Å². The van der Waals surface area contributed by atoms with Gasteiger partial charge in [-0.25, -0.2) is 4.79 Å². The van der Waals surface area contributed by atoms with Gasteiger partial charge in [0.1, 0.15) is 5.60 Å². The SMILES string of the molecule is CC(C)(C)OC(=O)N1CCC[C@@H](c2cccc(Br)c2)C1. The summed E-state index contributed by atoms with van der Waals surface area (Å²) in [6.45, 7) is 7.24. The van der Waals surface area contributed by atoms with E-state index in [1.807, 2.05) is 37.8 Å². The maximum atomic E-state index is 12.2. The van der Waals surface area contributed by atoms with Crippen LogP contribution >= 0.6 is 15.9 Å². The van der Waals surface area contributed by atoms with Crippen LogP contribution in [0.1, 0.15) is 45.1 Å². The first kappa shape index (κ1) is 15.4. The molecule has 0 N–H and O–H groups in total. The van der Waals surface area contributed by atoms with Crippen molar-refractivity contribution in [3.63, 3.8) is 0 Å². The van der Waals surface area contributed by atoms with Crippen molar-refractivity contribution in [1.29, 1.82) is 0 Å². The van der Waals surface area contributed by atoms with E-state index >= 15 is 0 Å². The van der Waals surface area contributed by atoms with Crippen LogP contribution in [-0.4, -0.2) is 29.7 Å². The minimum Gasteiger partial charge on any atom is -0.444 e. The molecular weight excluding hydrogens is 318 g/mol. The molecule has 0 radical (unpaired) electrons. The van der Waals surface area contributed by atoms with Crippen LogP contribution in [0.15, 0.2) is 28.7 Å². The van der Waals surface area contributed by atoms with Gasteiger partial charge in [0.25, 0.3) is 0 Å². The fourth-order valence-electron chi connectivity index (χ4n) is 2.50. The topological polar surface area (TPSA) is 29.5 Å². The van der Waals surface area contributed by atoms with Crippen LogP contribution < -0.4 is 0 Å². The minimum absolute atomic E-state index is 0.197. The summed E-state index contributed by atoms with van der Waals surface area (Å²) in [5.74, 6) is 0.397. The Kier molecular flexibility index (Phi) is 4.74. The van der Waals surface area contributed by atoms with Crippen molar-refractivity contribution < 1.29 is 9.53 Å². The molecule has 3 nitrogen and oxygen atoms in total. The van der Waals surface area contributed by atoms with Gasteiger partial charge >= 0.3 is 6.09 Å². The van der Waals surface area contributed by atoms with Gasteiger partial charge in [0.15, 0.2) is 0 Å². The van der Waals surface area contributed by atoms with Crippen molar-refractivity contribution in [2.24, 2.45) is 0 Å². The third-order valence-corrected chi connectivity index (χ3v) is 3.89. The van der Waals surface area contributed by atoms with Crippen LogP contribution in [0.3, 0.4) is 0 Å². The van der Waals surface area contributed by atoms with Gasteiger partial charge in [-0.3, -0.25) is 0 Å². The Morgan fingerprint density at radius 2 is 2.15 bits per heavy atom. The highest BCUT2D eigenvalue weighted by Gasteiger charge is 2.28. The molecule has 0 unspecified atom stereocenters. The summed E-state index contributed by atoms with van der Waals surface area (Å²) in [4.78, 5) is 14.0. The number of carbonyl (C=O) groups excluding carboxylic acids is 1. The highest BCUT2D eigenvalue weighted by Crippen LogP contribution is 2.29. The van der Waals surface area contributed by atoms with Gasteiger partial charge in [0, 0.05) is 23.5 Å². The Bertz CT molecular complexity index is 482. The van der Waals surface area contributed by atoms with E-state index in [4.69, 9.17) is 4.74 Å². The van der Waals surface area contributed by atoms with Crippen molar-refractivity contribution in [1.82, 2.24) is 4.90 Å². The van der Waals surface area contributed by atoms with E-state index in [-0.39, 0.29) is 6.09 Å². The molecule has 1 amide bonds. The molecule has 0 saturated carbocycles. The zero-order valence-electron chi connectivity index (χ0n) is 12.4. The lowest BCUT2D eigenvalue weighted by molar-refractivity contribution is 0.0198. The standard InChI is InChI=1S/C16H22BrNO2/c1-16(2,3)20-15(19)18-9-5-7-13(11-18)12-6-4-8-14(17)10-12/h4,6,8,10,13H,5,7,9,11H2,1-3H3/t13-/m1/s1. The molecule has 1 heterocycles. The summed E-state index contributed by atoms with van der Waals surface area (Å²) in [5, 5.41) is 0. The molecule has 1 aromatic rings. The largest absolute Gasteiger partial charge is 0.444 e. The number of hydrogen-bond acceptors (Lipinski definition) is 2. The summed E-state index contributed by atoms with van der Waals surface area (Å²) in [6.07, 6.45) is 1.95. The van der Waals surface area contributed by atoms with E-state index in [2.05, 4.69) is 28.1 Å². The van der Waals surface area contributed by atoms with Crippen molar-refractivity contribution in [3.05, 3.63) is 34.3 Å².